The van der Waals surface area contributed by atoms with Gasteiger partial charge < -0.3 is 10.1 Å². The molecule has 0 spiro atoms. The summed E-state index contributed by atoms with van der Waals surface area (Å²) in [5, 5.41) is 3.55. The molecule has 80 valence electrons. The average molecular weight is 260 g/mol. The van der Waals surface area contributed by atoms with E-state index in [1.165, 1.54) is 6.42 Å². The molecule has 0 amide bonds. The highest BCUT2D eigenvalue weighted by Crippen LogP contribution is 2.52. The Kier molecular flexibility index (Phi) is 2.75. The zero-order valence-corrected chi connectivity index (χ0v) is 10.4. The quantitative estimate of drug-likeness (QED) is 0.840. The van der Waals surface area contributed by atoms with Gasteiger partial charge in [0.2, 0.25) is 0 Å². The molecule has 2 rings (SSSR count). The smallest absolute Gasteiger partial charge is 0.0685 e. The number of hydrogen-bond acceptors (Lipinski definition) is 2. The third kappa shape index (κ3) is 1.55. The maximum Gasteiger partial charge on any atom is 0.0685 e. The molecule has 14 heavy (non-hydrogen) atoms. The van der Waals surface area contributed by atoms with Gasteiger partial charge in [-0.2, -0.15) is 0 Å². The summed E-state index contributed by atoms with van der Waals surface area (Å²) < 4.78 is 6.75. The molecule has 1 aliphatic carbocycles. The van der Waals surface area contributed by atoms with Crippen molar-refractivity contribution in [3.8, 4) is 0 Å². The fourth-order valence-electron chi connectivity index (χ4n) is 2.96. The number of hydrogen-bond donors (Lipinski definition) is 1. The Morgan fingerprint density at radius 1 is 1.64 bits per heavy atom. The van der Waals surface area contributed by atoms with Gasteiger partial charge in [0.05, 0.1) is 6.10 Å². The van der Waals surface area contributed by atoms with Crippen molar-refractivity contribution in [2.24, 2.45) is 11.3 Å². The van der Waals surface area contributed by atoms with Gasteiger partial charge in [-0.05, 0) is 6.42 Å². The van der Waals surface area contributed by atoms with Crippen molar-refractivity contribution in [1.29, 1.82) is 0 Å². The second-order valence-corrected chi connectivity index (χ2v) is 6.06. The molecule has 2 nitrogen and oxygen atoms in total. The van der Waals surface area contributed by atoms with E-state index in [0.717, 1.165) is 23.6 Å². The molecule has 1 saturated carbocycles. The topological polar surface area (TPSA) is 21.3 Å². The van der Waals surface area contributed by atoms with Crippen molar-refractivity contribution in [2.45, 2.75) is 32.4 Å². The minimum atomic E-state index is 0.281. The summed E-state index contributed by atoms with van der Waals surface area (Å²) in [6.07, 6.45) is 1.68. The highest BCUT2D eigenvalue weighted by molar-refractivity contribution is 9.11. The van der Waals surface area contributed by atoms with E-state index >= 15 is 0 Å². The fourth-order valence-corrected chi connectivity index (χ4v) is 3.12. The van der Waals surface area contributed by atoms with Gasteiger partial charge in [-0.15, -0.1) is 0 Å². The molecular formula is C11H18BrNO. The second kappa shape index (κ2) is 3.62. The van der Waals surface area contributed by atoms with E-state index in [9.17, 15) is 0 Å². The zero-order valence-electron chi connectivity index (χ0n) is 8.85. The first kappa shape index (κ1) is 10.7. The van der Waals surface area contributed by atoms with Gasteiger partial charge in [0, 0.05) is 35.0 Å². The Labute approximate surface area is 94.2 Å². The van der Waals surface area contributed by atoms with Crippen LogP contribution in [0.4, 0.5) is 0 Å². The Morgan fingerprint density at radius 2 is 2.36 bits per heavy atom. The summed E-state index contributed by atoms with van der Waals surface area (Å²) >= 11 is 3.38. The molecule has 1 unspecified atom stereocenters. The molecule has 3 atom stereocenters. The predicted molar refractivity (Wildman–Crippen MR) is 61.5 cm³/mol. The molecule has 1 N–H and O–H groups in total. The summed E-state index contributed by atoms with van der Waals surface area (Å²) in [5.41, 5.74) is 0.281. The van der Waals surface area contributed by atoms with E-state index in [4.69, 9.17) is 4.74 Å². The number of fused-ring (bicyclic) bond motifs is 1. The van der Waals surface area contributed by atoms with Gasteiger partial charge in [0.1, 0.15) is 0 Å². The van der Waals surface area contributed by atoms with E-state index in [-0.39, 0.29) is 5.41 Å². The van der Waals surface area contributed by atoms with Crippen LogP contribution >= 0.6 is 15.9 Å². The van der Waals surface area contributed by atoms with Crippen LogP contribution < -0.4 is 5.32 Å². The van der Waals surface area contributed by atoms with Gasteiger partial charge in [0.15, 0.2) is 0 Å². The van der Waals surface area contributed by atoms with Crippen LogP contribution in [0.25, 0.3) is 0 Å². The summed E-state index contributed by atoms with van der Waals surface area (Å²) in [5.74, 6) is 0.719. The van der Waals surface area contributed by atoms with Gasteiger partial charge in [0.25, 0.3) is 0 Å². The van der Waals surface area contributed by atoms with E-state index in [0.29, 0.717) is 12.1 Å². The largest absolute Gasteiger partial charge is 0.377 e. The summed E-state index contributed by atoms with van der Waals surface area (Å²) in [6.45, 7) is 10.2. The lowest BCUT2D eigenvalue weighted by Gasteiger charge is -2.55. The van der Waals surface area contributed by atoms with Crippen LogP contribution in [0, 0.1) is 11.3 Å². The standard InChI is InChI=1S/C11H18BrNO/c1-7(12)6-13-9-8-4-5-14-10(8)11(9,2)3/h8-10,13H,1,4-6H2,2-3H3/t8-,9?,10-/m0/s1. The molecule has 0 aromatic carbocycles. The summed E-state index contributed by atoms with van der Waals surface area (Å²) in [4.78, 5) is 0. The van der Waals surface area contributed by atoms with Crippen molar-refractivity contribution < 1.29 is 4.74 Å². The Balaban J connectivity index is 1.95. The lowest BCUT2D eigenvalue weighted by atomic mass is 9.57. The van der Waals surface area contributed by atoms with Crippen LogP contribution in [0.1, 0.15) is 20.3 Å². The molecule has 0 bridgehead atoms. The Bertz CT molecular complexity index is 252. The third-order valence-electron chi connectivity index (χ3n) is 3.61. The second-order valence-electron chi connectivity index (χ2n) is 4.94. The third-order valence-corrected chi connectivity index (χ3v) is 3.89. The monoisotopic (exact) mass is 259 g/mol. The molecule has 1 aliphatic heterocycles. The molecule has 2 aliphatic rings. The first-order chi connectivity index (χ1) is 6.53. The first-order valence-electron chi connectivity index (χ1n) is 5.21. The van der Waals surface area contributed by atoms with Gasteiger partial charge >= 0.3 is 0 Å². The van der Waals surface area contributed by atoms with Crippen LogP contribution in [0.5, 0.6) is 0 Å². The van der Waals surface area contributed by atoms with E-state index in [1.54, 1.807) is 0 Å². The lowest BCUT2D eigenvalue weighted by Crippen LogP contribution is -2.65. The number of rotatable bonds is 3. The van der Waals surface area contributed by atoms with E-state index in [1.807, 2.05) is 0 Å². The summed E-state index contributed by atoms with van der Waals surface area (Å²) in [7, 11) is 0. The van der Waals surface area contributed by atoms with E-state index in [2.05, 4.69) is 41.7 Å². The number of halogens is 1. The van der Waals surface area contributed by atoms with Crippen LogP contribution in [0.2, 0.25) is 0 Å². The van der Waals surface area contributed by atoms with Crippen molar-refractivity contribution >= 4 is 15.9 Å². The van der Waals surface area contributed by atoms with Crippen molar-refractivity contribution in [3.63, 3.8) is 0 Å². The molecule has 0 radical (unpaired) electrons. The average Bonchev–Trinajstić information content (AvgIpc) is 2.49. The molecule has 2 fully saturated rings. The van der Waals surface area contributed by atoms with Gasteiger partial charge in [-0.1, -0.05) is 36.4 Å². The molecule has 3 heteroatoms. The van der Waals surface area contributed by atoms with Crippen molar-refractivity contribution in [1.82, 2.24) is 5.32 Å². The van der Waals surface area contributed by atoms with Crippen LogP contribution in [0.15, 0.2) is 11.1 Å². The lowest BCUT2D eigenvalue weighted by molar-refractivity contribution is -0.111. The van der Waals surface area contributed by atoms with Crippen LogP contribution in [0.3, 0.4) is 0 Å². The Hall–Kier alpha value is 0.140. The van der Waals surface area contributed by atoms with Gasteiger partial charge in [-0.25, -0.2) is 0 Å². The predicted octanol–water partition coefficient (Wildman–Crippen LogP) is 2.30. The van der Waals surface area contributed by atoms with E-state index < -0.39 is 0 Å². The Morgan fingerprint density at radius 3 is 3.00 bits per heavy atom. The molecule has 0 aromatic rings. The maximum absolute atomic E-state index is 5.73. The minimum Gasteiger partial charge on any atom is -0.377 e. The highest BCUT2D eigenvalue weighted by Gasteiger charge is 2.58. The molecule has 0 aromatic heterocycles. The highest BCUT2D eigenvalue weighted by atomic mass is 79.9. The normalized spacial score (nSPS) is 38.9. The number of ether oxygens (including phenoxy) is 1. The van der Waals surface area contributed by atoms with Gasteiger partial charge in [-0.3, -0.25) is 0 Å². The molecule has 1 saturated heterocycles. The van der Waals surface area contributed by atoms with Crippen LogP contribution in [-0.4, -0.2) is 25.3 Å². The van der Waals surface area contributed by atoms with Crippen molar-refractivity contribution in [2.75, 3.05) is 13.2 Å². The number of nitrogens with one attached hydrogen (secondary N) is 1. The van der Waals surface area contributed by atoms with Crippen LogP contribution in [-0.2, 0) is 4.74 Å². The minimum absolute atomic E-state index is 0.281. The molecule has 1 heterocycles. The maximum atomic E-state index is 5.73. The fraction of sp³-hybridized carbons (Fsp3) is 0.818. The molecular weight excluding hydrogens is 242 g/mol. The zero-order chi connectivity index (χ0) is 10.3. The summed E-state index contributed by atoms with van der Waals surface area (Å²) in [6, 6.07) is 0.587. The first-order valence-corrected chi connectivity index (χ1v) is 6.01. The van der Waals surface area contributed by atoms with Crippen molar-refractivity contribution in [3.05, 3.63) is 11.1 Å². The SMILES string of the molecule is C=C(Br)CNC1[C@@H]2CCO[C@@H]2C1(C)C.